The second kappa shape index (κ2) is 9.65. The molecular formula is C23H28N2O3. The first-order chi connectivity index (χ1) is 13.4. The predicted octanol–water partition coefficient (Wildman–Crippen LogP) is 5.39. The van der Waals surface area contributed by atoms with Crippen LogP contribution in [0.25, 0.3) is 5.70 Å². The molecule has 0 aliphatic rings. The molecule has 5 heteroatoms. The van der Waals surface area contributed by atoms with Crippen molar-refractivity contribution >= 4 is 17.2 Å². The quantitative estimate of drug-likeness (QED) is 0.398. The molecule has 0 amide bonds. The minimum atomic E-state index is 0.521. The summed E-state index contributed by atoms with van der Waals surface area (Å²) in [5, 5.41) is 3.35. The summed E-state index contributed by atoms with van der Waals surface area (Å²) in [6, 6.07) is 10.0. The molecule has 0 spiro atoms. The maximum atomic E-state index is 5.60. The van der Waals surface area contributed by atoms with Crippen molar-refractivity contribution in [1.82, 2.24) is 0 Å². The average Bonchev–Trinajstić information content (AvgIpc) is 2.65. The maximum Gasteiger partial charge on any atom is 0.203 e. The van der Waals surface area contributed by atoms with Crippen molar-refractivity contribution in [3.63, 3.8) is 0 Å². The molecule has 0 saturated carbocycles. The summed E-state index contributed by atoms with van der Waals surface area (Å²) < 4.78 is 16.4. The van der Waals surface area contributed by atoms with Gasteiger partial charge in [-0.25, -0.2) is 4.99 Å². The molecular weight excluding hydrogens is 352 g/mol. The van der Waals surface area contributed by atoms with Crippen molar-refractivity contribution in [2.45, 2.75) is 20.8 Å². The zero-order chi connectivity index (χ0) is 20.7. The van der Waals surface area contributed by atoms with E-state index in [1.165, 1.54) is 11.1 Å². The molecule has 0 aliphatic heterocycles. The number of amidine groups is 1. The lowest BCUT2D eigenvalue weighted by atomic mass is 10.1. The molecule has 0 unspecified atom stereocenters. The molecule has 2 aromatic rings. The molecule has 1 N–H and O–H groups in total. The Hall–Kier alpha value is -3.21. The molecule has 0 aromatic heterocycles. The molecule has 0 heterocycles. The summed E-state index contributed by atoms with van der Waals surface area (Å²) in [7, 11) is 4.77. The number of hydrogen-bond acceptors (Lipinski definition) is 4. The van der Waals surface area contributed by atoms with Crippen molar-refractivity contribution in [1.29, 1.82) is 0 Å². The van der Waals surface area contributed by atoms with Gasteiger partial charge in [0.2, 0.25) is 5.75 Å². The lowest BCUT2D eigenvalue weighted by molar-refractivity contribution is 0.324. The monoisotopic (exact) mass is 380 g/mol. The summed E-state index contributed by atoms with van der Waals surface area (Å²) in [6.45, 7) is 9.87. The van der Waals surface area contributed by atoms with Crippen LogP contribution in [0.1, 0.15) is 23.6 Å². The third kappa shape index (κ3) is 4.94. The number of rotatable bonds is 7. The highest BCUT2D eigenvalue weighted by molar-refractivity contribution is 5.97. The topological polar surface area (TPSA) is 52.1 Å². The van der Waals surface area contributed by atoms with Crippen LogP contribution in [0.5, 0.6) is 17.2 Å². The molecule has 0 aliphatic carbocycles. The second-order valence-electron chi connectivity index (χ2n) is 6.37. The number of aryl methyl sites for hydroxylation is 2. The summed E-state index contributed by atoms with van der Waals surface area (Å²) >= 11 is 0. The fraction of sp³-hybridized carbons (Fsp3) is 0.261. The smallest absolute Gasteiger partial charge is 0.203 e. The van der Waals surface area contributed by atoms with Crippen LogP contribution in [-0.2, 0) is 0 Å². The lowest BCUT2D eigenvalue weighted by Gasteiger charge is -2.16. The Bertz CT molecular complexity index is 894. The molecule has 0 fully saturated rings. The Morgan fingerprint density at radius 3 is 2.14 bits per heavy atom. The van der Waals surface area contributed by atoms with Gasteiger partial charge < -0.3 is 19.5 Å². The van der Waals surface area contributed by atoms with Crippen LogP contribution in [0.4, 0.5) is 5.69 Å². The van der Waals surface area contributed by atoms with Crippen molar-refractivity contribution in [3.05, 3.63) is 65.8 Å². The summed E-state index contributed by atoms with van der Waals surface area (Å²) in [4.78, 5) is 4.75. The largest absolute Gasteiger partial charge is 0.493 e. The highest BCUT2D eigenvalue weighted by atomic mass is 16.5. The van der Waals surface area contributed by atoms with Gasteiger partial charge in [-0.15, -0.1) is 0 Å². The number of methoxy groups -OCH3 is 3. The van der Waals surface area contributed by atoms with E-state index in [1.807, 2.05) is 25.1 Å². The van der Waals surface area contributed by atoms with E-state index in [-0.39, 0.29) is 0 Å². The molecule has 2 aromatic carbocycles. The summed E-state index contributed by atoms with van der Waals surface area (Å²) in [5.41, 5.74) is 4.86. The molecule has 2 rings (SSSR count). The first-order valence-electron chi connectivity index (χ1n) is 8.96. The minimum absolute atomic E-state index is 0.521. The van der Waals surface area contributed by atoms with Crippen LogP contribution < -0.4 is 19.5 Å². The standard InChI is InChI=1S/C23H28N2O3/c1-8-9-20(19-10-11-21(26-5)23(28-7)22(19)27-6)25-17(4)24-18-13-15(2)12-16(3)14-18/h8-14H,1H2,2-7H3,(H,24,25)/b20-9-. The van der Waals surface area contributed by atoms with Crippen molar-refractivity contribution in [2.24, 2.45) is 4.99 Å². The first-order valence-corrected chi connectivity index (χ1v) is 8.96. The Morgan fingerprint density at radius 2 is 1.61 bits per heavy atom. The Labute approximate surface area is 167 Å². The fourth-order valence-corrected chi connectivity index (χ4v) is 3.07. The fourth-order valence-electron chi connectivity index (χ4n) is 3.07. The minimum Gasteiger partial charge on any atom is -0.493 e. The van der Waals surface area contributed by atoms with Crippen molar-refractivity contribution < 1.29 is 14.2 Å². The van der Waals surface area contributed by atoms with E-state index < -0.39 is 0 Å². The predicted molar refractivity (Wildman–Crippen MR) is 117 cm³/mol. The van der Waals surface area contributed by atoms with Gasteiger partial charge in [-0.1, -0.05) is 18.7 Å². The highest BCUT2D eigenvalue weighted by Gasteiger charge is 2.18. The average molecular weight is 380 g/mol. The highest BCUT2D eigenvalue weighted by Crippen LogP contribution is 2.42. The van der Waals surface area contributed by atoms with E-state index in [2.05, 4.69) is 43.9 Å². The van der Waals surface area contributed by atoms with Crippen LogP contribution in [-0.4, -0.2) is 27.2 Å². The zero-order valence-corrected chi connectivity index (χ0v) is 17.4. The molecule has 0 saturated heterocycles. The van der Waals surface area contributed by atoms with Gasteiger partial charge in [0.15, 0.2) is 11.5 Å². The van der Waals surface area contributed by atoms with Gasteiger partial charge in [-0.3, -0.25) is 0 Å². The van der Waals surface area contributed by atoms with Gasteiger partial charge in [-0.05, 0) is 62.2 Å². The SMILES string of the molecule is C=C/C=C(\N=C(C)Nc1cc(C)cc(C)c1)c1ccc(OC)c(OC)c1OC. The Morgan fingerprint density at radius 1 is 0.964 bits per heavy atom. The number of ether oxygens (including phenoxy) is 3. The van der Waals surface area contributed by atoms with Crippen LogP contribution in [0.3, 0.4) is 0 Å². The van der Waals surface area contributed by atoms with Crippen LogP contribution in [0, 0.1) is 13.8 Å². The number of aliphatic imine (C=N–C) groups is 1. The Kier molecular flexibility index (Phi) is 7.27. The van der Waals surface area contributed by atoms with Gasteiger partial charge in [-0.2, -0.15) is 0 Å². The van der Waals surface area contributed by atoms with Gasteiger partial charge >= 0.3 is 0 Å². The molecule has 0 atom stereocenters. The molecule has 28 heavy (non-hydrogen) atoms. The van der Waals surface area contributed by atoms with E-state index in [4.69, 9.17) is 19.2 Å². The summed E-state index contributed by atoms with van der Waals surface area (Å²) in [5.74, 6) is 2.41. The zero-order valence-electron chi connectivity index (χ0n) is 17.4. The van der Waals surface area contributed by atoms with Gasteiger partial charge in [0, 0.05) is 11.3 Å². The third-order valence-electron chi connectivity index (χ3n) is 4.09. The number of hydrogen-bond donors (Lipinski definition) is 1. The molecule has 0 radical (unpaired) electrons. The van der Waals surface area contributed by atoms with E-state index in [1.54, 1.807) is 27.4 Å². The van der Waals surface area contributed by atoms with E-state index in [0.29, 0.717) is 22.9 Å². The Balaban J connectivity index is 2.47. The van der Waals surface area contributed by atoms with Crippen molar-refractivity contribution in [2.75, 3.05) is 26.6 Å². The summed E-state index contributed by atoms with van der Waals surface area (Å²) in [6.07, 6.45) is 3.52. The molecule has 0 bridgehead atoms. The third-order valence-corrected chi connectivity index (χ3v) is 4.09. The van der Waals surface area contributed by atoms with Crippen LogP contribution >= 0.6 is 0 Å². The van der Waals surface area contributed by atoms with Crippen LogP contribution in [0.2, 0.25) is 0 Å². The first kappa shape index (κ1) is 21.1. The number of allylic oxidation sites excluding steroid dienone is 2. The number of anilines is 1. The van der Waals surface area contributed by atoms with Crippen molar-refractivity contribution in [3.8, 4) is 17.2 Å². The molecule has 148 valence electrons. The van der Waals surface area contributed by atoms with E-state index >= 15 is 0 Å². The van der Waals surface area contributed by atoms with Gasteiger partial charge in [0.05, 0.1) is 27.0 Å². The maximum absolute atomic E-state index is 5.60. The second-order valence-corrected chi connectivity index (χ2v) is 6.37. The normalized spacial score (nSPS) is 11.8. The molecule has 5 nitrogen and oxygen atoms in total. The van der Waals surface area contributed by atoms with E-state index in [0.717, 1.165) is 17.1 Å². The number of nitrogens with zero attached hydrogens (tertiary/aromatic N) is 1. The van der Waals surface area contributed by atoms with Crippen LogP contribution in [0.15, 0.2) is 54.1 Å². The van der Waals surface area contributed by atoms with Gasteiger partial charge in [0.1, 0.15) is 5.84 Å². The van der Waals surface area contributed by atoms with Gasteiger partial charge in [0.25, 0.3) is 0 Å². The van der Waals surface area contributed by atoms with E-state index in [9.17, 15) is 0 Å². The number of nitrogens with one attached hydrogen (secondary N) is 1. The number of benzene rings is 2. The lowest BCUT2D eigenvalue weighted by Crippen LogP contribution is -2.08.